The lowest BCUT2D eigenvalue weighted by Gasteiger charge is -2.25. The number of hydrogen-bond acceptors (Lipinski definition) is 5. The number of aliphatic hydroxyl groups is 1. The largest absolute Gasteiger partial charge is 0.435 e. The van der Waals surface area contributed by atoms with E-state index in [9.17, 15) is 13.9 Å². The lowest BCUT2D eigenvalue weighted by Crippen LogP contribution is -2.31. The second-order valence-corrected chi connectivity index (χ2v) is 8.44. The molecule has 0 aliphatic heterocycles. The number of aromatic nitrogens is 2. The third-order valence-corrected chi connectivity index (χ3v) is 5.86. The standard InChI is InChI=1S/C28H29F2N3O3/c1-20-24(18-32(16-17-35-2)19-26(34)21-8-4-3-5-9-21)28(36-27-11-7-6-10-25(27)30)33(31-20)23-14-12-22(29)13-15-23/h3-15,26,34H,16-19H2,1-2H3. The summed E-state index contributed by atoms with van der Waals surface area (Å²) < 4.78 is 41.0. The van der Waals surface area contributed by atoms with E-state index in [1.165, 1.54) is 24.3 Å². The third-order valence-electron chi connectivity index (χ3n) is 5.86. The van der Waals surface area contributed by atoms with Crippen molar-refractivity contribution < 1.29 is 23.4 Å². The molecule has 0 spiro atoms. The van der Waals surface area contributed by atoms with Gasteiger partial charge in [0.05, 0.1) is 29.7 Å². The zero-order valence-electron chi connectivity index (χ0n) is 20.3. The van der Waals surface area contributed by atoms with Crippen LogP contribution >= 0.6 is 0 Å². The maximum atomic E-state index is 14.5. The minimum Gasteiger partial charge on any atom is -0.435 e. The second kappa shape index (κ2) is 11.9. The molecule has 6 nitrogen and oxygen atoms in total. The summed E-state index contributed by atoms with van der Waals surface area (Å²) in [6.07, 6.45) is -0.716. The van der Waals surface area contributed by atoms with Crippen LogP contribution in [0.1, 0.15) is 22.9 Å². The van der Waals surface area contributed by atoms with Crippen molar-refractivity contribution in [2.75, 3.05) is 26.8 Å². The Bertz CT molecular complexity index is 1260. The van der Waals surface area contributed by atoms with Crippen LogP contribution in [0, 0.1) is 18.6 Å². The van der Waals surface area contributed by atoms with Gasteiger partial charge in [-0.15, -0.1) is 0 Å². The summed E-state index contributed by atoms with van der Waals surface area (Å²) in [7, 11) is 1.62. The van der Waals surface area contributed by atoms with Gasteiger partial charge in [0.25, 0.3) is 0 Å². The summed E-state index contributed by atoms with van der Waals surface area (Å²) in [6.45, 7) is 3.54. The summed E-state index contributed by atoms with van der Waals surface area (Å²) in [6, 6.07) is 21.4. The Balaban J connectivity index is 1.70. The van der Waals surface area contributed by atoms with E-state index in [4.69, 9.17) is 9.47 Å². The van der Waals surface area contributed by atoms with E-state index in [1.807, 2.05) is 42.2 Å². The molecule has 1 heterocycles. The molecule has 4 rings (SSSR count). The van der Waals surface area contributed by atoms with Gasteiger partial charge in [-0.1, -0.05) is 42.5 Å². The van der Waals surface area contributed by atoms with E-state index in [0.29, 0.717) is 43.5 Å². The first-order chi connectivity index (χ1) is 17.5. The fourth-order valence-electron chi connectivity index (χ4n) is 3.92. The van der Waals surface area contributed by atoms with Crippen molar-refractivity contribution >= 4 is 0 Å². The molecule has 0 saturated carbocycles. The first kappa shape index (κ1) is 25.5. The highest BCUT2D eigenvalue weighted by Crippen LogP contribution is 2.33. The van der Waals surface area contributed by atoms with Crippen LogP contribution in [-0.2, 0) is 11.3 Å². The maximum absolute atomic E-state index is 14.5. The van der Waals surface area contributed by atoms with Crippen LogP contribution in [0.2, 0.25) is 0 Å². The van der Waals surface area contributed by atoms with Crippen molar-refractivity contribution in [3.8, 4) is 17.3 Å². The highest BCUT2D eigenvalue weighted by Gasteiger charge is 2.23. The average Bonchev–Trinajstić information content (AvgIpc) is 3.19. The highest BCUT2D eigenvalue weighted by molar-refractivity contribution is 5.43. The molecule has 0 amide bonds. The van der Waals surface area contributed by atoms with Crippen molar-refractivity contribution in [2.24, 2.45) is 0 Å². The number of ether oxygens (including phenoxy) is 2. The molecule has 1 aromatic heterocycles. The van der Waals surface area contributed by atoms with Gasteiger partial charge < -0.3 is 14.6 Å². The summed E-state index contributed by atoms with van der Waals surface area (Å²) in [5.41, 5.74) is 2.77. The number of rotatable bonds is 11. The summed E-state index contributed by atoms with van der Waals surface area (Å²) >= 11 is 0. The van der Waals surface area contributed by atoms with Crippen molar-refractivity contribution in [2.45, 2.75) is 19.6 Å². The molecule has 0 aliphatic rings. The Morgan fingerprint density at radius 2 is 1.67 bits per heavy atom. The fraction of sp³-hybridized carbons (Fsp3) is 0.250. The monoisotopic (exact) mass is 493 g/mol. The Kier molecular flexibility index (Phi) is 8.43. The van der Waals surface area contributed by atoms with Crippen LogP contribution in [0.4, 0.5) is 8.78 Å². The van der Waals surface area contributed by atoms with Crippen LogP contribution in [0.5, 0.6) is 11.6 Å². The number of aryl methyl sites for hydroxylation is 1. The highest BCUT2D eigenvalue weighted by atomic mass is 19.1. The van der Waals surface area contributed by atoms with Gasteiger partial charge in [0.1, 0.15) is 5.82 Å². The van der Waals surface area contributed by atoms with Crippen LogP contribution in [0.3, 0.4) is 0 Å². The zero-order valence-corrected chi connectivity index (χ0v) is 20.3. The minimum atomic E-state index is -0.716. The number of methoxy groups -OCH3 is 1. The summed E-state index contributed by atoms with van der Waals surface area (Å²) in [5, 5.41) is 15.5. The average molecular weight is 494 g/mol. The molecule has 4 aromatic rings. The number of para-hydroxylation sites is 1. The molecule has 1 atom stereocenters. The maximum Gasteiger partial charge on any atom is 0.227 e. The predicted octanol–water partition coefficient (Wildman–Crippen LogP) is 5.43. The van der Waals surface area contributed by atoms with E-state index in [-0.39, 0.29) is 11.6 Å². The van der Waals surface area contributed by atoms with Gasteiger partial charge >= 0.3 is 0 Å². The van der Waals surface area contributed by atoms with Crippen molar-refractivity contribution in [1.82, 2.24) is 14.7 Å². The molecule has 0 aliphatic carbocycles. The molecule has 8 heteroatoms. The first-order valence-electron chi connectivity index (χ1n) is 11.7. The zero-order chi connectivity index (χ0) is 25.5. The van der Waals surface area contributed by atoms with Crippen molar-refractivity contribution in [3.05, 3.63) is 107 Å². The lowest BCUT2D eigenvalue weighted by molar-refractivity contribution is 0.0844. The predicted molar refractivity (Wildman–Crippen MR) is 133 cm³/mol. The summed E-state index contributed by atoms with van der Waals surface area (Å²) in [4.78, 5) is 2.04. The van der Waals surface area contributed by atoms with Crippen LogP contribution < -0.4 is 4.74 Å². The Hall–Kier alpha value is -3.59. The molecule has 0 fully saturated rings. The minimum absolute atomic E-state index is 0.0507. The SMILES string of the molecule is COCCN(Cc1c(C)nn(-c2ccc(F)cc2)c1Oc1ccccc1F)CC(O)c1ccccc1. The molecule has 36 heavy (non-hydrogen) atoms. The quantitative estimate of drug-likeness (QED) is 0.302. The van der Waals surface area contributed by atoms with Gasteiger partial charge in [0.2, 0.25) is 5.88 Å². The number of hydrogen-bond donors (Lipinski definition) is 1. The van der Waals surface area contributed by atoms with E-state index < -0.39 is 11.9 Å². The molecule has 0 saturated heterocycles. The van der Waals surface area contributed by atoms with Crippen LogP contribution in [0.25, 0.3) is 5.69 Å². The third kappa shape index (κ3) is 6.15. The molecular formula is C28H29F2N3O3. The van der Waals surface area contributed by atoms with E-state index in [2.05, 4.69) is 5.10 Å². The number of nitrogens with zero attached hydrogens (tertiary/aromatic N) is 3. The fourth-order valence-corrected chi connectivity index (χ4v) is 3.92. The van der Waals surface area contributed by atoms with Gasteiger partial charge in [-0.05, 0) is 48.9 Å². The Morgan fingerprint density at radius 3 is 2.36 bits per heavy atom. The number of halogens is 2. The molecule has 3 aromatic carbocycles. The topological polar surface area (TPSA) is 59.8 Å². The second-order valence-electron chi connectivity index (χ2n) is 8.44. The van der Waals surface area contributed by atoms with Gasteiger partial charge in [-0.25, -0.2) is 13.5 Å². The van der Waals surface area contributed by atoms with Crippen LogP contribution in [-0.4, -0.2) is 46.6 Å². The van der Waals surface area contributed by atoms with E-state index in [0.717, 1.165) is 11.1 Å². The van der Waals surface area contributed by atoms with E-state index in [1.54, 1.807) is 36.1 Å². The smallest absolute Gasteiger partial charge is 0.227 e. The van der Waals surface area contributed by atoms with Gasteiger partial charge in [0.15, 0.2) is 11.6 Å². The number of benzene rings is 3. The molecule has 1 N–H and O–H groups in total. The first-order valence-corrected chi connectivity index (χ1v) is 11.7. The molecule has 0 bridgehead atoms. The van der Waals surface area contributed by atoms with Gasteiger partial charge in [0, 0.05) is 26.7 Å². The van der Waals surface area contributed by atoms with Crippen molar-refractivity contribution in [3.63, 3.8) is 0 Å². The van der Waals surface area contributed by atoms with E-state index >= 15 is 0 Å². The molecule has 188 valence electrons. The Labute approximate surface area is 209 Å². The molecule has 0 radical (unpaired) electrons. The molecular weight excluding hydrogens is 464 g/mol. The van der Waals surface area contributed by atoms with Gasteiger partial charge in [-0.2, -0.15) is 5.10 Å². The molecule has 1 unspecified atom stereocenters. The summed E-state index contributed by atoms with van der Waals surface area (Å²) in [5.74, 6) is -0.514. The number of aliphatic hydroxyl groups excluding tert-OH is 1. The lowest BCUT2D eigenvalue weighted by atomic mass is 10.1. The van der Waals surface area contributed by atoms with Crippen molar-refractivity contribution in [1.29, 1.82) is 0 Å². The van der Waals surface area contributed by atoms with Gasteiger partial charge in [-0.3, -0.25) is 4.90 Å². The Morgan fingerprint density at radius 1 is 0.972 bits per heavy atom. The normalized spacial score (nSPS) is 12.2. The van der Waals surface area contributed by atoms with Crippen LogP contribution in [0.15, 0.2) is 78.9 Å².